The van der Waals surface area contributed by atoms with Crippen molar-refractivity contribution in [1.29, 1.82) is 0 Å². The number of hydrogen-bond acceptors (Lipinski definition) is 3. The van der Waals surface area contributed by atoms with Gasteiger partial charge in [0.2, 0.25) is 5.91 Å². The van der Waals surface area contributed by atoms with Gasteiger partial charge >= 0.3 is 6.18 Å². The van der Waals surface area contributed by atoms with Crippen LogP contribution in [0, 0.1) is 12.8 Å². The van der Waals surface area contributed by atoms with Gasteiger partial charge in [0.15, 0.2) is 0 Å². The fourth-order valence-corrected chi connectivity index (χ4v) is 3.84. The molecule has 3 N–H and O–H groups in total. The van der Waals surface area contributed by atoms with E-state index in [1.807, 2.05) is 0 Å². The van der Waals surface area contributed by atoms with Gasteiger partial charge in [-0.05, 0) is 67.1 Å². The summed E-state index contributed by atoms with van der Waals surface area (Å²) >= 11 is 11.7. The molecule has 0 unspecified atom stereocenters. The maximum Gasteiger partial charge on any atom is 0.416 e. The van der Waals surface area contributed by atoms with Crippen molar-refractivity contribution in [3.05, 3.63) is 74.8 Å². The molecule has 0 bridgehead atoms. The molecule has 0 heterocycles. The van der Waals surface area contributed by atoms with Crippen LogP contribution in [0.25, 0.3) is 5.57 Å². The van der Waals surface area contributed by atoms with Crippen LogP contribution in [-0.4, -0.2) is 30.4 Å². The fourth-order valence-electron chi connectivity index (χ4n) is 3.31. The number of allylic oxidation sites excluding steroid dienone is 2. The summed E-state index contributed by atoms with van der Waals surface area (Å²) in [6.07, 6.45) is -2.06. The highest BCUT2D eigenvalue weighted by Crippen LogP contribution is 2.36. The second-order valence-corrected chi connectivity index (χ2v) is 8.99. The number of carbonyl (C=O) groups excluding carboxylic acids is 3. The highest BCUT2D eigenvalue weighted by Gasteiger charge is 2.34. The van der Waals surface area contributed by atoms with Crippen LogP contribution in [0.2, 0.25) is 10.0 Å². The predicted octanol–water partition coefficient (Wildman–Crippen LogP) is 4.78. The lowest BCUT2D eigenvalue weighted by molar-refractivity contribution is -0.129. The SMILES string of the molecule is Cc1cc(C/C=C(\c2cc(Cl)cc(Cl)c2)C(F)(F)F)ccc1C(=O)NCC(=O)NNC(=O)C1CC1. The van der Waals surface area contributed by atoms with E-state index >= 15 is 0 Å². The van der Waals surface area contributed by atoms with E-state index in [-0.39, 0.29) is 46.0 Å². The quantitative estimate of drug-likeness (QED) is 0.453. The zero-order chi connectivity index (χ0) is 25.8. The van der Waals surface area contributed by atoms with E-state index in [0.717, 1.165) is 18.9 Å². The standard InChI is InChI=1S/C24H22Cl2F3N3O3/c1-13-8-14(3-7-20(24(27,28)29)16-9-17(25)11-18(26)10-16)2-6-19(13)23(35)30-12-21(33)31-32-22(34)15-4-5-15/h2,6-11,15H,3-5,12H2,1H3,(H,30,35)(H,31,33)(H,32,34)/b20-7+. The van der Waals surface area contributed by atoms with Gasteiger partial charge in [-0.3, -0.25) is 25.2 Å². The fraction of sp³-hybridized carbons (Fsp3) is 0.292. The van der Waals surface area contributed by atoms with Gasteiger partial charge in [0, 0.05) is 21.5 Å². The van der Waals surface area contributed by atoms with E-state index in [4.69, 9.17) is 23.2 Å². The van der Waals surface area contributed by atoms with E-state index in [0.29, 0.717) is 11.1 Å². The number of rotatable bonds is 7. The minimum absolute atomic E-state index is 0.0508. The van der Waals surface area contributed by atoms with Crippen molar-refractivity contribution in [3.8, 4) is 0 Å². The third-order valence-electron chi connectivity index (χ3n) is 5.24. The van der Waals surface area contributed by atoms with Crippen LogP contribution in [0.1, 0.15) is 39.9 Å². The predicted molar refractivity (Wildman–Crippen MR) is 127 cm³/mol. The van der Waals surface area contributed by atoms with Gasteiger partial charge in [-0.1, -0.05) is 41.4 Å². The number of nitrogens with one attached hydrogen (secondary N) is 3. The smallest absolute Gasteiger partial charge is 0.343 e. The summed E-state index contributed by atoms with van der Waals surface area (Å²) in [6, 6.07) is 8.34. The molecule has 0 spiro atoms. The average molecular weight is 528 g/mol. The Hall–Kier alpha value is -3.04. The monoisotopic (exact) mass is 527 g/mol. The first-order valence-electron chi connectivity index (χ1n) is 10.6. The number of carbonyl (C=O) groups is 3. The molecule has 3 rings (SSSR count). The zero-order valence-corrected chi connectivity index (χ0v) is 20.1. The molecule has 0 radical (unpaired) electrons. The molecule has 186 valence electrons. The van der Waals surface area contributed by atoms with Crippen molar-refractivity contribution >= 4 is 46.5 Å². The lowest BCUT2D eigenvalue weighted by Crippen LogP contribution is -2.46. The van der Waals surface area contributed by atoms with E-state index in [1.165, 1.54) is 30.3 Å². The minimum Gasteiger partial charge on any atom is -0.343 e. The van der Waals surface area contributed by atoms with Gasteiger partial charge in [-0.15, -0.1) is 0 Å². The van der Waals surface area contributed by atoms with Crippen LogP contribution in [0.3, 0.4) is 0 Å². The lowest BCUT2D eigenvalue weighted by atomic mass is 9.99. The van der Waals surface area contributed by atoms with Gasteiger partial charge < -0.3 is 5.32 Å². The van der Waals surface area contributed by atoms with Crippen LogP contribution in [0.15, 0.2) is 42.5 Å². The van der Waals surface area contributed by atoms with Crippen LogP contribution in [0.4, 0.5) is 13.2 Å². The highest BCUT2D eigenvalue weighted by atomic mass is 35.5. The maximum absolute atomic E-state index is 13.6. The third kappa shape index (κ3) is 7.73. The summed E-state index contributed by atoms with van der Waals surface area (Å²) in [5.41, 5.74) is 4.84. The van der Waals surface area contributed by atoms with Crippen LogP contribution < -0.4 is 16.2 Å². The summed E-state index contributed by atoms with van der Waals surface area (Å²) < 4.78 is 40.9. The van der Waals surface area contributed by atoms with Gasteiger partial charge in [0.05, 0.1) is 12.1 Å². The number of amides is 3. The van der Waals surface area contributed by atoms with Gasteiger partial charge in [0.1, 0.15) is 0 Å². The largest absolute Gasteiger partial charge is 0.416 e. The molecule has 1 fully saturated rings. The molecule has 1 aliphatic carbocycles. The second kappa shape index (κ2) is 11.1. The van der Waals surface area contributed by atoms with Gasteiger partial charge in [-0.25, -0.2) is 0 Å². The molecule has 35 heavy (non-hydrogen) atoms. The first kappa shape index (κ1) is 26.6. The number of hydrazine groups is 1. The minimum atomic E-state index is -4.62. The Balaban J connectivity index is 1.64. The number of hydrogen-bond donors (Lipinski definition) is 3. The molecule has 0 aromatic heterocycles. The number of alkyl halides is 3. The molecule has 11 heteroatoms. The molecule has 1 saturated carbocycles. The molecular weight excluding hydrogens is 506 g/mol. The molecule has 1 aliphatic rings. The summed E-state index contributed by atoms with van der Waals surface area (Å²) in [5, 5.41) is 2.62. The summed E-state index contributed by atoms with van der Waals surface area (Å²) in [7, 11) is 0. The Morgan fingerprint density at radius 2 is 1.69 bits per heavy atom. The Labute approximate surface area is 209 Å². The van der Waals surface area contributed by atoms with E-state index in [2.05, 4.69) is 16.2 Å². The number of aryl methyl sites for hydroxylation is 1. The van der Waals surface area contributed by atoms with Gasteiger partial charge in [-0.2, -0.15) is 13.2 Å². The van der Waals surface area contributed by atoms with Crippen molar-refractivity contribution in [3.63, 3.8) is 0 Å². The van der Waals surface area contributed by atoms with Crippen molar-refractivity contribution in [1.82, 2.24) is 16.2 Å². The Morgan fingerprint density at radius 3 is 2.26 bits per heavy atom. The van der Waals surface area contributed by atoms with Crippen molar-refractivity contribution in [2.24, 2.45) is 5.92 Å². The Bertz CT molecular complexity index is 1160. The molecule has 0 atom stereocenters. The average Bonchev–Trinajstić information content (AvgIpc) is 3.60. The van der Waals surface area contributed by atoms with Crippen molar-refractivity contribution in [2.45, 2.75) is 32.4 Å². The van der Waals surface area contributed by atoms with E-state index < -0.39 is 23.6 Å². The third-order valence-corrected chi connectivity index (χ3v) is 5.68. The summed E-state index contributed by atoms with van der Waals surface area (Å²) in [4.78, 5) is 35.7. The lowest BCUT2D eigenvalue weighted by Gasteiger charge is -2.14. The van der Waals surface area contributed by atoms with E-state index in [1.54, 1.807) is 13.0 Å². The molecule has 2 aromatic carbocycles. The maximum atomic E-state index is 13.6. The number of benzene rings is 2. The molecule has 3 amide bonds. The zero-order valence-electron chi connectivity index (χ0n) is 18.6. The Kier molecular flexibility index (Phi) is 8.45. The Morgan fingerprint density at radius 1 is 1.03 bits per heavy atom. The van der Waals surface area contributed by atoms with Crippen LogP contribution in [-0.2, 0) is 16.0 Å². The van der Waals surface area contributed by atoms with Crippen molar-refractivity contribution in [2.75, 3.05) is 6.54 Å². The molecule has 2 aromatic rings. The van der Waals surface area contributed by atoms with Crippen LogP contribution in [0.5, 0.6) is 0 Å². The topological polar surface area (TPSA) is 87.3 Å². The van der Waals surface area contributed by atoms with Gasteiger partial charge in [0.25, 0.3) is 11.8 Å². The van der Waals surface area contributed by atoms with Crippen molar-refractivity contribution < 1.29 is 27.6 Å². The van der Waals surface area contributed by atoms with E-state index in [9.17, 15) is 27.6 Å². The molecule has 6 nitrogen and oxygen atoms in total. The molecular formula is C24H22Cl2F3N3O3. The second-order valence-electron chi connectivity index (χ2n) is 8.12. The molecule has 0 aliphatic heterocycles. The first-order valence-corrected chi connectivity index (χ1v) is 11.4. The number of halogens is 5. The van der Waals surface area contributed by atoms with Crippen LogP contribution >= 0.6 is 23.2 Å². The normalized spacial score (nSPS) is 13.8. The summed E-state index contributed by atoms with van der Waals surface area (Å²) in [5.74, 6) is -1.46. The first-order chi connectivity index (χ1) is 16.4. The summed E-state index contributed by atoms with van der Waals surface area (Å²) in [6.45, 7) is 1.28. The molecule has 0 saturated heterocycles. The highest BCUT2D eigenvalue weighted by molar-refractivity contribution is 6.34.